The van der Waals surface area contributed by atoms with E-state index < -0.39 is 39.8 Å². The summed E-state index contributed by atoms with van der Waals surface area (Å²) < 4.78 is 27.1. The van der Waals surface area contributed by atoms with Crippen molar-refractivity contribution in [3.05, 3.63) is 39.4 Å². The summed E-state index contributed by atoms with van der Waals surface area (Å²) in [6.07, 6.45) is 0.563. The third-order valence-electron chi connectivity index (χ3n) is 3.06. The van der Waals surface area contributed by atoms with Gasteiger partial charge >= 0.3 is 5.69 Å². The molecule has 2 rings (SSSR count). The molecule has 1 unspecified atom stereocenters. The molecular weight excluding hydrogens is 288 g/mol. The Bertz CT molecular complexity index is 611. The zero-order valence-electron chi connectivity index (χ0n) is 10.7. The Hall–Kier alpha value is -2.58. The normalized spacial score (nSPS) is 18.0. The van der Waals surface area contributed by atoms with Crippen molar-refractivity contribution in [1.82, 2.24) is 10.6 Å². The number of halogens is 2. The number of hydrogen-bond acceptors (Lipinski definition) is 4. The molecule has 0 saturated carbocycles. The van der Waals surface area contributed by atoms with E-state index in [1.165, 1.54) is 0 Å². The summed E-state index contributed by atoms with van der Waals surface area (Å²) in [5.41, 5.74) is -1.84. The second-order valence-electron chi connectivity index (χ2n) is 4.56. The number of carbonyl (C=O) groups excluding carboxylic acids is 2. The number of rotatable bonds is 3. The van der Waals surface area contributed by atoms with Crippen LogP contribution in [0, 0.1) is 21.7 Å². The van der Waals surface area contributed by atoms with Crippen LogP contribution in [0.5, 0.6) is 0 Å². The zero-order chi connectivity index (χ0) is 15.6. The number of nitro benzene ring substituents is 1. The highest BCUT2D eigenvalue weighted by molar-refractivity contribution is 5.95. The maximum absolute atomic E-state index is 13.8. The topological polar surface area (TPSA) is 101 Å². The Morgan fingerprint density at radius 1 is 1.43 bits per heavy atom. The van der Waals surface area contributed by atoms with Crippen molar-refractivity contribution in [2.24, 2.45) is 0 Å². The van der Waals surface area contributed by atoms with Crippen LogP contribution in [-0.2, 0) is 4.79 Å². The fourth-order valence-corrected chi connectivity index (χ4v) is 1.99. The fraction of sp³-hybridized carbons (Fsp3) is 0.333. The van der Waals surface area contributed by atoms with Crippen molar-refractivity contribution in [2.45, 2.75) is 18.9 Å². The molecule has 1 fully saturated rings. The highest BCUT2D eigenvalue weighted by Gasteiger charge is 2.26. The average Bonchev–Trinajstić information content (AvgIpc) is 2.43. The monoisotopic (exact) mass is 299 g/mol. The van der Waals surface area contributed by atoms with Crippen LogP contribution in [-0.4, -0.2) is 29.3 Å². The summed E-state index contributed by atoms with van der Waals surface area (Å²) in [4.78, 5) is 32.4. The maximum atomic E-state index is 13.8. The van der Waals surface area contributed by atoms with Gasteiger partial charge in [0.25, 0.3) is 5.91 Å². The van der Waals surface area contributed by atoms with Gasteiger partial charge in [0.15, 0.2) is 0 Å². The van der Waals surface area contributed by atoms with Crippen LogP contribution in [0.3, 0.4) is 0 Å². The van der Waals surface area contributed by atoms with Gasteiger partial charge in [-0.3, -0.25) is 19.7 Å². The summed E-state index contributed by atoms with van der Waals surface area (Å²) in [5.74, 6) is -3.59. The first-order valence-electron chi connectivity index (χ1n) is 6.09. The first-order chi connectivity index (χ1) is 9.88. The molecule has 1 saturated heterocycles. The van der Waals surface area contributed by atoms with Crippen molar-refractivity contribution in [1.29, 1.82) is 0 Å². The Kier molecular flexibility index (Phi) is 4.10. The first-order valence-corrected chi connectivity index (χ1v) is 6.09. The first kappa shape index (κ1) is 14.8. The van der Waals surface area contributed by atoms with Gasteiger partial charge in [-0.25, -0.2) is 4.39 Å². The molecule has 2 N–H and O–H groups in total. The summed E-state index contributed by atoms with van der Waals surface area (Å²) >= 11 is 0. The standard InChI is InChI=1S/C12H11F2N3O4/c13-6-3-8(11(14)9(4-6)17(20)21)12(19)16-7-1-2-10(18)15-5-7/h3-4,7H,1-2,5H2,(H,15,18)(H,16,19). The Morgan fingerprint density at radius 3 is 2.71 bits per heavy atom. The lowest BCUT2D eigenvalue weighted by Crippen LogP contribution is -2.47. The smallest absolute Gasteiger partial charge is 0.308 e. The van der Waals surface area contributed by atoms with Crippen LogP contribution in [0.25, 0.3) is 0 Å². The van der Waals surface area contributed by atoms with Gasteiger partial charge in [0, 0.05) is 19.0 Å². The van der Waals surface area contributed by atoms with Crippen molar-refractivity contribution in [2.75, 3.05) is 6.54 Å². The number of piperidine rings is 1. The SMILES string of the molecule is O=C1CCC(NC(=O)c2cc(F)cc([N+](=O)[O-])c2F)CN1. The molecule has 1 aromatic carbocycles. The van der Waals surface area contributed by atoms with E-state index in [-0.39, 0.29) is 18.9 Å². The lowest BCUT2D eigenvalue weighted by atomic mass is 10.1. The van der Waals surface area contributed by atoms with E-state index in [2.05, 4.69) is 10.6 Å². The third-order valence-corrected chi connectivity index (χ3v) is 3.06. The van der Waals surface area contributed by atoms with E-state index in [1.807, 2.05) is 0 Å². The molecule has 1 aliphatic heterocycles. The highest BCUT2D eigenvalue weighted by atomic mass is 19.1. The van der Waals surface area contributed by atoms with E-state index in [9.17, 15) is 28.5 Å². The number of nitro groups is 1. The summed E-state index contributed by atoms with van der Waals surface area (Å²) in [5, 5.41) is 15.5. The quantitative estimate of drug-likeness (QED) is 0.639. The van der Waals surface area contributed by atoms with E-state index in [0.717, 1.165) is 0 Å². The van der Waals surface area contributed by atoms with Crippen LogP contribution in [0.2, 0.25) is 0 Å². The number of carbonyl (C=O) groups is 2. The maximum Gasteiger partial charge on any atom is 0.308 e. The zero-order valence-corrected chi connectivity index (χ0v) is 10.7. The molecule has 0 radical (unpaired) electrons. The average molecular weight is 299 g/mol. The second kappa shape index (κ2) is 5.81. The molecule has 0 aliphatic carbocycles. The molecule has 9 heteroatoms. The third kappa shape index (κ3) is 3.30. The molecule has 2 amide bonds. The molecule has 21 heavy (non-hydrogen) atoms. The van der Waals surface area contributed by atoms with Crippen LogP contribution in [0.1, 0.15) is 23.2 Å². The number of amides is 2. The Labute approximate surface area is 117 Å². The molecule has 1 aliphatic rings. The van der Waals surface area contributed by atoms with E-state index in [4.69, 9.17) is 0 Å². The Morgan fingerprint density at radius 2 is 2.14 bits per heavy atom. The minimum atomic E-state index is -1.39. The molecule has 112 valence electrons. The van der Waals surface area contributed by atoms with E-state index >= 15 is 0 Å². The van der Waals surface area contributed by atoms with Gasteiger partial charge in [0.05, 0.1) is 16.6 Å². The van der Waals surface area contributed by atoms with Gasteiger partial charge in [0.1, 0.15) is 5.82 Å². The molecule has 0 aromatic heterocycles. The predicted molar refractivity (Wildman–Crippen MR) is 66.5 cm³/mol. The van der Waals surface area contributed by atoms with Crippen molar-refractivity contribution in [3.8, 4) is 0 Å². The van der Waals surface area contributed by atoms with Gasteiger partial charge in [-0.1, -0.05) is 0 Å². The summed E-state index contributed by atoms with van der Waals surface area (Å²) in [6.45, 7) is 0.170. The molecule has 1 atom stereocenters. The summed E-state index contributed by atoms with van der Waals surface area (Å²) in [6, 6.07) is 0.573. The predicted octanol–water partition coefficient (Wildman–Crippen LogP) is 0.881. The van der Waals surface area contributed by atoms with Gasteiger partial charge in [0.2, 0.25) is 11.7 Å². The molecular formula is C12H11F2N3O4. The van der Waals surface area contributed by atoms with Gasteiger partial charge in [-0.15, -0.1) is 0 Å². The molecule has 0 bridgehead atoms. The van der Waals surface area contributed by atoms with Crippen molar-refractivity contribution in [3.63, 3.8) is 0 Å². The summed E-state index contributed by atoms with van der Waals surface area (Å²) in [7, 11) is 0. The number of benzene rings is 1. The van der Waals surface area contributed by atoms with Crippen LogP contribution in [0.15, 0.2) is 12.1 Å². The highest BCUT2D eigenvalue weighted by Crippen LogP contribution is 2.22. The minimum absolute atomic E-state index is 0.159. The van der Waals surface area contributed by atoms with Gasteiger partial charge in [-0.05, 0) is 12.5 Å². The molecule has 1 heterocycles. The van der Waals surface area contributed by atoms with Crippen molar-refractivity contribution < 1.29 is 23.3 Å². The number of nitrogens with one attached hydrogen (secondary N) is 2. The van der Waals surface area contributed by atoms with Crippen molar-refractivity contribution >= 4 is 17.5 Å². The fourth-order valence-electron chi connectivity index (χ4n) is 1.99. The number of hydrogen-bond donors (Lipinski definition) is 2. The molecule has 0 spiro atoms. The minimum Gasteiger partial charge on any atom is -0.354 e. The van der Waals surface area contributed by atoms with E-state index in [0.29, 0.717) is 18.6 Å². The largest absolute Gasteiger partial charge is 0.354 e. The second-order valence-corrected chi connectivity index (χ2v) is 4.56. The molecule has 7 nitrogen and oxygen atoms in total. The Balaban J connectivity index is 2.19. The number of nitrogens with zero attached hydrogens (tertiary/aromatic N) is 1. The van der Waals surface area contributed by atoms with Crippen LogP contribution < -0.4 is 10.6 Å². The lowest BCUT2D eigenvalue weighted by molar-refractivity contribution is -0.387. The van der Waals surface area contributed by atoms with Gasteiger partial charge < -0.3 is 10.6 Å². The van der Waals surface area contributed by atoms with Gasteiger partial charge in [-0.2, -0.15) is 4.39 Å². The van der Waals surface area contributed by atoms with Crippen LogP contribution in [0.4, 0.5) is 14.5 Å². The molecule has 1 aromatic rings. The lowest BCUT2D eigenvalue weighted by Gasteiger charge is -2.23. The van der Waals surface area contributed by atoms with E-state index in [1.54, 1.807) is 0 Å². The van der Waals surface area contributed by atoms with Crippen LogP contribution >= 0.6 is 0 Å².